The predicted molar refractivity (Wildman–Crippen MR) is 114 cm³/mol. The van der Waals surface area contributed by atoms with Gasteiger partial charge in [-0.3, -0.25) is 4.99 Å². The number of ether oxygens (including phenoxy) is 3. The molecular formula is C21H37N3O4. The number of aliphatic imine (C=N–C) groups is 1. The summed E-state index contributed by atoms with van der Waals surface area (Å²) in [5.41, 5.74) is 0.985. The van der Waals surface area contributed by atoms with Crippen LogP contribution in [0.5, 0.6) is 17.2 Å². The highest BCUT2D eigenvalue weighted by Gasteiger charge is 2.13. The first-order valence-corrected chi connectivity index (χ1v) is 10.0. The average Bonchev–Trinajstić information content (AvgIpc) is 2.71. The summed E-state index contributed by atoms with van der Waals surface area (Å²) in [7, 11) is 4.91. The summed E-state index contributed by atoms with van der Waals surface area (Å²) in [5.74, 6) is 3.38. The summed E-state index contributed by atoms with van der Waals surface area (Å²) in [6, 6.07) is 3.72. The van der Waals surface area contributed by atoms with Crippen molar-refractivity contribution in [2.45, 2.75) is 39.5 Å². The maximum absolute atomic E-state index is 9.22. The number of methoxy groups -OCH3 is 3. The number of benzene rings is 1. The summed E-state index contributed by atoms with van der Waals surface area (Å²) in [4.78, 5) is 4.70. The average molecular weight is 396 g/mol. The molecule has 0 aliphatic carbocycles. The Kier molecular flexibility index (Phi) is 11.9. The molecule has 0 saturated carbocycles. The Balaban J connectivity index is 2.78. The van der Waals surface area contributed by atoms with Crippen LogP contribution >= 0.6 is 0 Å². The minimum Gasteiger partial charge on any atom is -0.496 e. The van der Waals surface area contributed by atoms with Crippen molar-refractivity contribution in [1.82, 2.24) is 10.6 Å². The lowest BCUT2D eigenvalue weighted by Gasteiger charge is -2.17. The number of nitrogens with zero attached hydrogens (tertiary/aromatic N) is 1. The largest absolute Gasteiger partial charge is 0.496 e. The van der Waals surface area contributed by atoms with Crippen LogP contribution < -0.4 is 24.8 Å². The van der Waals surface area contributed by atoms with E-state index in [0.717, 1.165) is 55.3 Å². The van der Waals surface area contributed by atoms with E-state index in [1.165, 1.54) is 0 Å². The third-order valence-electron chi connectivity index (χ3n) is 4.57. The van der Waals surface area contributed by atoms with Gasteiger partial charge in [-0.15, -0.1) is 0 Å². The van der Waals surface area contributed by atoms with Crippen molar-refractivity contribution in [3.05, 3.63) is 17.7 Å². The molecule has 7 nitrogen and oxygen atoms in total. The van der Waals surface area contributed by atoms with Gasteiger partial charge in [-0.25, -0.2) is 0 Å². The van der Waals surface area contributed by atoms with E-state index in [1.807, 2.05) is 19.1 Å². The second kappa shape index (κ2) is 13.9. The van der Waals surface area contributed by atoms with Gasteiger partial charge < -0.3 is 30.0 Å². The SMILES string of the molecule is CCCC(CCO)CN=C(NCC)NCCc1c(OC)cc(OC)cc1OC. The maximum atomic E-state index is 9.22. The molecule has 0 aliphatic heterocycles. The molecule has 0 amide bonds. The Hall–Kier alpha value is -2.15. The summed E-state index contributed by atoms with van der Waals surface area (Å²) in [6.45, 7) is 6.60. The second-order valence-electron chi connectivity index (χ2n) is 6.57. The van der Waals surface area contributed by atoms with E-state index in [2.05, 4.69) is 17.6 Å². The van der Waals surface area contributed by atoms with Crippen LogP contribution in [0.3, 0.4) is 0 Å². The number of hydrogen-bond acceptors (Lipinski definition) is 5. The van der Waals surface area contributed by atoms with Gasteiger partial charge in [0.25, 0.3) is 0 Å². The standard InChI is InChI=1S/C21H37N3O4/c1-6-8-16(10-12-25)15-24-21(22-7-2)23-11-9-18-19(27-4)13-17(26-3)14-20(18)28-5/h13-14,16,25H,6-12,15H2,1-5H3,(H2,22,23,24). The Morgan fingerprint density at radius 3 is 2.21 bits per heavy atom. The molecular weight excluding hydrogens is 358 g/mol. The Morgan fingerprint density at radius 2 is 1.71 bits per heavy atom. The van der Waals surface area contributed by atoms with E-state index in [0.29, 0.717) is 24.8 Å². The van der Waals surface area contributed by atoms with E-state index >= 15 is 0 Å². The molecule has 0 saturated heterocycles. The fourth-order valence-corrected chi connectivity index (χ4v) is 3.11. The van der Waals surface area contributed by atoms with E-state index in [4.69, 9.17) is 19.2 Å². The van der Waals surface area contributed by atoms with Crippen molar-refractivity contribution in [2.24, 2.45) is 10.9 Å². The van der Waals surface area contributed by atoms with E-state index < -0.39 is 0 Å². The minimum absolute atomic E-state index is 0.210. The Labute approximate surface area is 169 Å². The van der Waals surface area contributed by atoms with Crippen LogP contribution in [-0.4, -0.2) is 58.6 Å². The molecule has 0 aromatic heterocycles. The van der Waals surface area contributed by atoms with Gasteiger partial charge in [0.05, 0.1) is 21.3 Å². The third-order valence-corrected chi connectivity index (χ3v) is 4.57. The molecule has 1 rings (SSSR count). The second-order valence-corrected chi connectivity index (χ2v) is 6.57. The van der Waals surface area contributed by atoms with Gasteiger partial charge in [0.1, 0.15) is 17.2 Å². The molecule has 0 spiro atoms. The smallest absolute Gasteiger partial charge is 0.191 e. The van der Waals surface area contributed by atoms with Crippen LogP contribution in [0, 0.1) is 5.92 Å². The molecule has 1 aromatic carbocycles. The number of aliphatic hydroxyl groups is 1. The Morgan fingerprint density at radius 1 is 1.04 bits per heavy atom. The van der Waals surface area contributed by atoms with Gasteiger partial charge in [0.2, 0.25) is 0 Å². The monoisotopic (exact) mass is 395 g/mol. The van der Waals surface area contributed by atoms with Crippen molar-refractivity contribution in [1.29, 1.82) is 0 Å². The summed E-state index contributed by atoms with van der Waals surface area (Å²) >= 11 is 0. The summed E-state index contributed by atoms with van der Waals surface area (Å²) < 4.78 is 16.3. The van der Waals surface area contributed by atoms with Gasteiger partial charge >= 0.3 is 0 Å². The highest BCUT2D eigenvalue weighted by molar-refractivity contribution is 5.79. The number of rotatable bonds is 13. The molecule has 0 bridgehead atoms. The molecule has 7 heteroatoms. The van der Waals surface area contributed by atoms with Crippen LogP contribution in [0.25, 0.3) is 0 Å². The minimum atomic E-state index is 0.210. The van der Waals surface area contributed by atoms with Crippen LogP contribution in [0.4, 0.5) is 0 Å². The third kappa shape index (κ3) is 7.84. The normalized spacial score (nSPS) is 12.4. The van der Waals surface area contributed by atoms with Gasteiger partial charge in [0, 0.05) is 43.9 Å². The molecule has 3 N–H and O–H groups in total. The fourth-order valence-electron chi connectivity index (χ4n) is 3.11. The zero-order chi connectivity index (χ0) is 20.8. The highest BCUT2D eigenvalue weighted by Crippen LogP contribution is 2.34. The van der Waals surface area contributed by atoms with Gasteiger partial charge in [-0.2, -0.15) is 0 Å². The molecule has 0 radical (unpaired) electrons. The molecule has 1 unspecified atom stereocenters. The van der Waals surface area contributed by atoms with E-state index in [-0.39, 0.29) is 6.61 Å². The number of hydrogen-bond donors (Lipinski definition) is 3. The van der Waals surface area contributed by atoms with Crippen molar-refractivity contribution in [3.63, 3.8) is 0 Å². The van der Waals surface area contributed by atoms with Crippen LogP contribution in [0.1, 0.15) is 38.7 Å². The lowest BCUT2D eigenvalue weighted by Crippen LogP contribution is -2.38. The van der Waals surface area contributed by atoms with Crippen LogP contribution in [0.2, 0.25) is 0 Å². The van der Waals surface area contributed by atoms with E-state index in [9.17, 15) is 5.11 Å². The van der Waals surface area contributed by atoms with Crippen molar-refractivity contribution in [3.8, 4) is 17.2 Å². The zero-order valence-corrected chi connectivity index (χ0v) is 18.0. The molecule has 28 heavy (non-hydrogen) atoms. The first-order chi connectivity index (χ1) is 13.6. The molecule has 1 atom stereocenters. The zero-order valence-electron chi connectivity index (χ0n) is 18.0. The molecule has 0 heterocycles. The van der Waals surface area contributed by atoms with Gasteiger partial charge in [0.15, 0.2) is 5.96 Å². The number of aliphatic hydroxyl groups excluding tert-OH is 1. The van der Waals surface area contributed by atoms with Crippen LogP contribution in [0.15, 0.2) is 17.1 Å². The van der Waals surface area contributed by atoms with Crippen molar-refractivity contribution < 1.29 is 19.3 Å². The lowest BCUT2D eigenvalue weighted by atomic mass is 10.0. The first kappa shape index (κ1) is 23.9. The van der Waals surface area contributed by atoms with Gasteiger partial charge in [-0.05, 0) is 32.1 Å². The number of guanidine groups is 1. The molecule has 0 fully saturated rings. The topological polar surface area (TPSA) is 84.3 Å². The highest BCUT2D eigenvalue weighted by atomic mass is 16.5. The lowest BCUT2D eigenvalue weighted by molar-refractivity contribution is 0.253. The van der Waals surface area contributed by atoms with Crippen molar-refractivity contribution >= 4 is 5.96 Å². The van der Waals surface area contributed by atoms with Crippen LogP contribution in [-0.2, 0) is 6.42 Å². The Bertz CT molecular complexity index is 562. The first-order valence-electron chi connectivity index (χ1n) is 10.0. The summed E-state index contributed by atoms with van der Waals surface area (Å²) in [5, 5.41) is 15.9. The van der Waals surface area contributed by atoms with E-state index in [1.54, 1.807) is 21.3 Å². The maximum Gasteiger partial charge on any atom is 0.191 e. The fraction of sp³-hybridized carbons (Fsp3) is 0.667. The molecule has 160 valence electrons. The number of nitrogens with one attached hydrogen (secondary N) is 2. The summed E-state index contributed by atoms with van der Waals surface area (Å²) in [6.07, 6.45) is 3.68. The van der Waals surface area contributed by atoms with Crippen molar-refractivity contribution in [2.75, 3.05) is 47.6 Å². The molecule has 0 aliphatic rings. The molecule has 1 aromatic rings. The quantitative estimate of drug-likeness (QED) is 0.352. The van der Waals surface area contributed by atoms with Gasteiger partial charge in [-0.1, -0.05) is 13.3 Å². The predicted octanol–water partition coefficient (Wildman–Crippen LogP) is 2.61.